The molecule has 0 aliphatic carbocycles. The molecule has 0 unspecified atom stereocenters. The number of rotatable bonds is 6. The minimum absolute atomic E-state index is 1.12. The Morgan fingerprint density at radius 1 is 0.267 bits per heavy atom. The van der Waals surface area contributed by atoms with E-state index in [1.54, 1.807) is 0 Å². The van der Waals surface area contributed by atoms with Crippen molar-refractivity contribution in [3.63, 3.8) is 0 Å². The fourth-order valence-corrected chi connectivity index (χ4v) is 6.67. The third-order valence-corrected chi connectivity index (χ3v) is 8.64. The van der Waals surface area contributed by atoms with Gasteiger partial charge >= 0.3 is 0 Å². The van der Waals surface area contributed by atoms with Crippen molar-refractivity contribution >= 4 is 38.6 Å². The molecule has 0 radical (unpaired) electrons. The van der Waals surface area contributed by atoms with Gasteiger partial charge in [0.25, 0.3) is 0 Å². The molecule has 1 nitrogen and oxygen atoms in total. The summed E-state index contributed by atoms with van der Waals surface area (Å²) in [5, 5.41) is 5.07. The molecule has 0 amide bonds. The molecular formula is C44H31N. The molecule has 0 saturated carbocycles. The lowest BCUT2D eigenvalue weighted by Gasteiger charge is -2.25. The summed E-state index contributed by atoms with van der Waals surface area (Å²) in [6.45, 7) is 0. The molecule has 0 N–H and O–H groups in total. The van der Waals surface area contributed by atoms with Gasteiger partial charge in [-0.2, -0.15) is 0 Å². The lowest BCUT2D eigenvalue weighted by Crippen LogP contribution is -2.09. The number of anilines is 3. The minimum atomic E-state index is 1.12. The molecule has 0 spiro atoms. The highest BCUT2D eigenvalue weighted by molar-refractivity contribution is 6.24. The van der Waals surface area contributed by atoms with Crippen LogP contribution in [-0.2, 0) is 0 Å². The second-order valence-electron chi connectivity index (χ2n) is 11.3. The summed E-state index contributed by atoms with van der Waals surface area (Å²) in [6.07, 6.45) is 0. The van der Waals surface area contributed by atoms with Gasteiger partial charge in [0.15, 0.2) is 0 Å². The molecule has 0 aliphatic rings. The summed E-state index contributed by atoms with van der Waals surface area (Å²) < 4.78 is 0. The predicted molar refractivity (Wildman–Crippen MR) is 192 cm³/mol. The average Bonchev–Trinajstić information content (AvgIpc) is 3.13. The van der Waals surface area contributed by atoms with E-state index in [0.29, 0.717) is 0 Å². The summed E-state index contributed by atoms with van der Waals surface area (Å²) in [6, 6.07) is 67.5. The third-order valence-electron chi connectivity index (χ3n) is 8.64. The molecule has 0 fully saturated rings. The van der Waals surface area contributed by atoms with Crippen LogP contribution in [0.15, 0.2) is 188 Å². The van der Waals surface area contributed by atoms with Crippen LogP contribution in [0.1, 0.15) is 0 Å². The van der Waals surface area contributed by atoms with Gasteiger partial charge in [-0.1, -0.05) is 152 Å². The summed E-state index contributed by atoms with van der Waals surface area (Å²) in [5.74, 6) is 0. The highest BCUT2D eigenvalue weighted by Gasteiger charge is 2.20. The van der Waals surface area contributed by atoms with Gasteiger partial charge in [-0.05, 0) is 91.3 Å². The highest BCUT2D eigenvalue weighted by atomic mass is 15.1. The number of nitrogens with zero attached hydrogens (tertiary/aromatic N) is 1. The fourth-order valence-electron chi connectivity index (χ4n) is 6.67. The van der Waals surface area contributed by atoms with E-state index in [1.165, 1.54) is 54.9 Å². The van der Waals surface area contributed by atoms with Crippen molar-refractivity contribution in [1.29, 1.82) is 0 Å². The van der Waals surface area contributed by atoms with Gasteiger partial charge in [0, 0.05) is 17.1 Å². The molecule has 8 aromatic rings. The molecule has 1 heteroatoms. The molecule has 0 saturated heterocycles. The zero-order valence-electron chi connectivity index (χ0n) is 24.8. The molecule has 45 heavy (non-hydrogen) atoms. The maximum absolute atomic E-state index is 2.31. The van der Waals surface area contributed by atoms with Gasteiger partial charge in [0.05, 0.1) is 0 Å². The van der Waals surface area contributed by atoms with Crippen molar-refractivity contribution in [1.82, 2.24) is 0 Å². The zero-order chi connectivity index (χ0) is 30.0. The van der Waals surface area contributed by atoms with E-state index in [1.807, 2.05) is 0 Å². The lowest BCUT2D eigenvalue weighted by atomic mass is 9.82. The Bertz CT molecular complexity index is 2180. The normalized spacial score (nSPS) is 11.1. The van der Waals surface area contributed by atoms with Crippen molar-refractivity contribution < 1.29 is 0 Å². The number of para-hydroxylation sites is 2. The van der Waals surface area contributed by atoms with Crippen LogP contribution >= 0.6 is 0 Å². The Morgan fingerprint density at radius 3 is 1.29 bits per heavy atom. The van der Waals surface area contributed by atoms with Crippen LogP contribution in [0.4, 0.5) is 17.1 Å². The first-order valence-electron chi connectivity index (χ1n) is 15.5. The van der Waals surface area contributed by atoms with E-state index >= 15 is 0 Å². The van der Waals surface area contributed by atoms with Crippen molar-refractivity contribution in [2.45, 2.75) is 0 Å². The summed E-state index contributed by atoms with van der Waals surface area (Å²) in [5.41, 5.74) is 10.8. The molecule has 0 aromatic heterocycles. The van der Waals surface area contributed by atoms with Crippen molar-refractivity contribution in [2.24, 2.45) is 0 Å². The molecule has 0 heterocycles. The predicted octanol–water partition coefficient (Wildman–Crippen LogP) is 12.5. The van der Waals surface area contributed by atoms with E-state index in [-0.39, 0.29) is 0 Å². The highest BCUT2D eigenvalue weighted by Crippen LogP contribution is 2.47. The van der Waals surface area contributed by atoms with Gasteiger partial charge in [0.1, 0.15) is 0 Å². The van der Waals surface area contributed by atoms with Crippen molar-refractivity contribution in [3.05, 3.63) is 188 Å². The van der Waals surface area contributed by atoms with E-state index in [4.69, 9.17) is 0 Å². The summed E-state index contributed by atoms with van der Waals surface area (Å²) in [7, 11) is 0. The summed E-state index contributed by atoms with van der Waals surface area (Å²) in [4.78, 5) is 2.31. The Balaban J connectivity index is 1.39. The van der Waals surface area contributed by atoms with E-state index < -0.39 is 0 Å². The van der Waals surface area contributed by atoms with Crippen LogP contribution in [-0.4, -0.2) is 0 Å². The Kier molecular flexibility index (Phi) is 6.90. The van der Waals surface area contributed by atoms with Crippen LogP contribution in [0.2, 0.25) is 0 Å². The first-order valence-corrected chi connectivity index (χ1v) is 15.5. The Hall–Kier alpha value is -5.92. The fraction of sp³-hybridized carbons (Fsp3) is 0. The van der Waals surface area contributed by atoms with Crippen LogP contribution < -0.4 is 4.90 Å². The molecule has 0 aliphatic heterocycles. The monoisotopic (exact) mass is 573 g/mol. The standard InChI is InChI=1S/C44H31N/c1-5-16-33(17-6-1)42-40-25-14-13-24-39(40)41-27-15-26-38(44(41)43(42)34-18-7-2-8-19-34)32-28-30-37(31-29-32)45(35-20-9-3-10-21-35)36-22-11-4-12-23-36/h1-31H. The van der Waals surface area contributed by atoms with Crippen molar-refractivity contribution in [2.75, 3.05) is 4.90 Å². The van der Waals surface area contributed by atoms with Crippen LogP contribution in [0.5, 0.6) is 0 Å². The zero-order valence-corrected chi connectivity index (χ0v) is 24.8. The smallest absolute Gasteiger partial charge is 0.0462 e. The number of fused-ring (bicyclic) bond motifs is 3. The number of hydrogen-bond donors (Lipinski definition) is 0. The third kappa shape index (κ3) is 4.85. The van der Waals surface area contributed by atoms with Crippen LogP contribution in [0.3, 0.4) is 0 Å². The number of benzene rings is 8. The van der Waals surface area contributed by atoms with Gasteiger partial charge < -0.3 is 4.90 Å². The van der Waals surface area contributed by atoms with Crippen LogP contribution in [0.25, 0.3) is 54.9 Å². The summed E-state index contributed by atoms with van der Waals surface area (Å²) >= 11 is 0. The van der Waals surface area contributed by atoms with E-state index in [9.17, 15) is 0 Å². The molecule has 0 atom stereocenters. The van der Waals surface area contributed by atoms with Crippen molar-refractivity contribution in [3.8, 4) is 33.4 Å². The molecule has 8 aromatic carbocycles. The Labute approximate surface area is 264 Å². The van der Waals surface area contributed by atoms with Gasteiger partial charge in [-0.25, -0.2) is 0 Å². The topological polar surface area (TPSA) is 3.24 Å². The molecule has 212 valence electrons. The average molecular weight is 574 g/mol. The maximum atomic E-state index is 2.31. The van der Waals surface area contributed by atoms with Gasteiger partial charge in [-0.15, -0.1) is 0 Å². The van der Waals surface area contributed by atoms with Gasteiger partial charge in [0.2, 0.25) is 0 Å². The van der Waals surface area contributed by atoms with Crippen LogP contribution in [0, 0.1) is 0 Å². The quantitative estimate of drug-likeness (QED) is 0.179. The second-order valence-corrected chi connectivity index (χ2v) is 11.3. The minimum Gasteiger partial charge on any atom is -0.311 e. The maximum Gasteiger partial charge on any atom is 0.0462 e. The molecule has 0 bridgehead atoms. The molecule has 8 rings (SSSR count). The second kappa shape index (κ2) is 11.6. The first kappa shape index (κ1) is 26.7. The lowest BCUT2D eigenvalue weighted by molar-refractivity contribution is 1.28. The van der Waals surface area contributed by atoms with Gasteiger partial charge in [-0.3, -0.25) is 0 Å². The largest absolute Gasteiger partial charge is 0.311 e. The molecular weight excluding hydrogens is 542 g/mol. The Morgan fingerprint density at radius 2 is 0.711 bits per heavy atom. The van der Waals surface area contributed by atoms with E-state index in [2.05, 4.69) is 193 Å². The van der Waals surface area contributed by atoms with E-state index in [0.717, 1.165) is 17.1 Å². The first-order chi connectivity index (χ1) is 22.4. The number of hydrogen-bond acceptors (Lipinski definition) is 1. The SMILES string of the molecule is c1ccc(-c2c(-c3ccccc3)c3c(-c4ccc(N(c5ccccc5)c5ccccc5)cc4)cccc3c3ccccc23)cc1.